The Labute approximate surface area is 111 Å². The zero-order valence-corrected chi connectivity index (χ0v) is 11.4. The lowest BCUT2D eigenvalue weighted by Gasteiger charge is -2.20. The number of tetrazole rings is 1. The smallest absolute Gasteiger partial charge is 0.159 e. The van der Waals surface area contributed by atoms with Crippen molar-refractivity contribution in [3.63, 3.8) is 0 Å². The summed E-state index contributed by atoms with van der Waals surface area (Å²) in [5.74, 6) is 0.861. The standard InChI is InChI=1S/C14H17FN4/c1-14(2,3)10-6-7-11(15)12(8-10)19-13(9-4-5-9)16-17-18-19/h6-9H,4-5H2,1-3H3. The highest BCUT2D eigenvalue weighted by atomic mass is 19.1. The third-order valence-electron chi connectivity index (χ3n) is 3.48. The van der Waals surface area contributed by atoms with Crippen LogP contribution in [-0.2, 0) is 5.41 Å². The number of rotatable bonds is 2. The Hall–Kier alpha value is -1.78. The summed E-state index contributed by atoms with van der Waals surface area (Å²) in [7, 11) is 0. The molecule has 3 rings (SSSR count). The van der Waals surface area contributed by atoms with Gasteiger partial charge in [-0.2, -0.15) is 4.68 Å². The van der Waals surface area contributed by atoms with Gasteiger partial charge in [0, 0.05) is 5.92 Å². The van der Waals surface area contributed by atoms with Crippen molar-refractivity contribution in [2.75, 3.05) is 0 Å². The molecule has 0 N–H and O–H groups in total. The first-order valence-corrected chi connectivity index (χ1v) is 6.55. The lowest BCUT2D eigenvalue weighted by molar-refractivity contribution is 0.573. The number of nitrogens with zero attached hydrogens (tertiary/aromatic N) is 4. The summed E-state index contributed by atoms with van der Waals surface area (Å²) in [6.45, 7) is 6.31. The summed E-state index contributed by atoms with van der Waals surface area (Å²) in [4.78, 5) is 0. The van der Waals surface area contributed by atoms with Gasteiger partial charge < -0.3 is 0 Å². The van der Waals surface area contributed by atoms with Crippen LogP contribution >= 0.6 is 0 Å². The Morgan fingerprint density at radius 2 is 2.00 bits per heavy atom. The Morgan fingerprint density at radius 3 is 2.63 bits per heavy atom. The predicted molar refractivity (Wildman–Crippen MR) is 69.8 cm³/mol. The van der Waals surface area contributed by atoms with Crippen LogP contribution in [0.15, 0.2) is 18.2 Å². The maximum atomic E-state index is 14.1. The van der Waals surface area contributed by atoms with E-state index < -0.39 is 0 Å². The van der Waals surface area contributed by atoms with E-state index >= 15 is 0 Å². The van der Waals surface area contributed by atoms with Crippen LogP contribution in [0.1, 0.15) is 50.9 Å². The molecular weight excluding hydrogens is 243 g/mol. The summed E-state index contributed by atoms with van der Waals surface area (Å²) >= 11 is 0. The molecule has 0 radical (unpaired) electrons. The fraction of sp³-hybridized carbons (Fsp3) is 0.500. The number of aromatic nitrogens is 4. The van der Waals surface area contributed by atoms with E-state index in [9.17, 15) is 4.39 Å². The van der Waals surface area contributed by atoms with Gasteiger partial charge in [0.05, 0.1) is 0 Å². The van der Waals surface area contributed by atoms with Crippen LogP contribution in [0.4, 0.5) is 4.39 Å². The average Bonchev–Trinajstić information content (AvgIpc) is 3.07. The number of benzene rings is 1. The van der Waals surface area contributed by atoms with Crippen molar-refractivity contribution in [3.05, 3.63) is 35.4 Å². The molecule has 19 heavy (non-hydrogen) atoms. The summed E-state index contributed by atoms with van der Waals surface area (Å²) in [6.07, 6.45) is 2.17. The third kappa shape index (κ3) is 2.25. The first-order valence-electron chi connectivity index (χ1n) is 6.55. The minimum absolute atomic E-state index is 0.0315. The highest BCUT2D eigenvalue weighted by molar-refractivity contribution is 5.40. The Morgan fingerprint density at radius 1 is 1.26 bits per heavy atom. The van der Waals surface area contributed by atoms with Crippen molar-refractivity contribution in [2.24, 2.45) is 0 Å². The molecule has 1 heterocycles. The second-order valence-electron chi connectivity index (χ2n) is 6.14. The highest BCUT2D eigenvalue weighted by Gasteiger charge is 2.31. The average molecular weight is 260 g/mol. The molecule has 0 saturated heterocycles. The van der Waals surface area contributed by atoms with Crippen molar-refractivity contribution in [2.45, 2.75) is 44.9 Å². The van der Waals surface area contributed by atoms with E-state index in [0.29, 0.717) is 11.6 Å². The fourth-order valence-electron chi connectivity index (χ4n) is 2.10. The molecule has 0 spiro atoms. The van der Waals surface area contributed by atoms with E-state index in [1.807, 2.05) is 12.1 Å². The molecule has 0 aliphatic heterocycles. The van der Waals surface area contributed by atoms with Crippen LogP contribution in [-0.4, -0.2) is 20.2 Å². The second-order valence-corrected chi connectivity index (χ2v) is 6.14. The van der Waals surface area contributed by atoms with E-state index in [-0.39, 0.29) is 11.2 Å². The van der Waals surface area contributed by atoms with Gasteiger partial charge in [-0.3, -0.25) is 0 Å². The van der Waals surface area contributed by atoms with Crippen LogP contribution < -0.4 is 0 Å². The van der Waals surface area contributed by atoms with Gasteiger partial charge in [-0.15, -0.1) is 5.10 Å². The molecule has 0 amide bonds. The Kier molecular flexibility index (Phi) is 2.66. The monoisotopic (exact) mass is 260 g/mol. The quantitative estimate of drug-likeness (QED) is 0.833. The van der Waals surface area contributed by atoms with E-state index in [1.54, 1.807) is 4.68 Å². The molecule has 1 saturated carbocycles. The van der Waals surface area contributed by atoms with Gasteiger partial charge in [0.25, 0.3) is 0 Å². The largest absolute Gasteiger partial charge is 0.205 e. The molecule has 1 aliphatic rings. The lowest BCUT2D eigenvalue weighted by Crippen LogP contribution is -2.13. The van der Waals surface area contributed by atoms with Crippen molar-refractivity contribution in [1.29, 1.82) is 0 Å². The normalized spacial score (nSPS) is 15.8. The van der Waals surface area contributed by atoms with Gasteiger partial charge in [-0.1, -0.05) is 26.8 Å². The molecule has 0 atom stereocenters. The van der Waals surface area contributed by atoms with E-state index in [2.05, 4.69) is 36.3 Å². The van der Waals surface area contributed by atoms with Crippen molar-refractivity contribution in [3.8, 4) is 5.69 Å². The Bertz CT molecular complexity index is 608. The van der Waals surface area contributed by atoms with Gasteiger partial charge in [0.2, 0.25) is 0 Å². The molecule has 100 valence electrons. The van der Waals surface area contributed by atoms with Gasteiger partial charge in [0.1, 0.15) is 11.5 Å². The highest BCUT2D eigenvalue weighted by Crippen LogP contribution is 2.39. The maximum Gasteiger partial charge on any atom is 0.159 e. The molecule has 1 aliphatic carbocycles. The number of hydrogen-bond acceptors (Lipinski definition) is 3. The van der Waals surface area contributed by atoms with Crippen molar-refractivity contribution in [1.82, 2.24) is 20.2 Å². The summed E-state index contributed by atoms with van der Waals surface area (Å²) in [5.41, 5.74) is 1.48. The van der Waals surface area contributed by atoms with Crippen LogP contribution in [0.25, 0.3) is 5.69 Å². The van der Waals surface area contributed by atoms with Crippen molar-refractivity contribution >= 4 is 0 Å². The van der Waals surface area contributed by atoms with Crippen LogP contribution in [0, 0.1) is 5.82 Å². The number of hydrogen-bond donors (Lipinski definition) is 0. The Balaban J connectivity index is 2.10. The molecule has 4 nitrogen and oxygen atoms in total. The minimum atomic E-state index is -0.290. The zero-order chi connectivity index (χ0) is 13.6. The van der Waals surface area contributed by atoms with E-state index in [0.717, 1.165) is 24.2 Å². The van der Waals surface area contributed by atoms with Crippen LogP contribution in [0.5, 0.6) is 0 Å². The van der Waals surface area contributed by atoms with Crippen molar-refractivity contribution < 1.29 is 4.39 Å². The number of halogens is 1. The molecule has 1 aromatic carbocycles. The lowest BCUT2D eigenvalue weighted by atomic mass is 9.87. The maximum absolute atomic E-state index is 14.1. The van der Waals surface area contributed by atoms with Gasteiger partial charge >= 0.3 is 0 Å². The molecule has 1 fully saturated rings. The first-order chi connectivity index (χ1) is 8.97. The second kappa shape index (κ2) is 4.11. The molecular formula is C14H17FN4. The van der Waals surface area contributed by atoms with Crippen LogP contribution in [0.2, 0.25) is 0 Å². The van der Waals surface area contributed by atoms with Gasteiger partial charge in [-0.05, 0) is 46.4 Å². The van der Waals surface area contributed by atoms with Crippen LogP contribution in [0.3, 0.4) is 0 Å². The van der Waals surface area contributed by atoms with E-state index in [1.165, 1.54) is 6.07 Å². The first kappa shape index (κ1) is 12.3. The topological polar surface area (TPSA) is 43.6 Å². The third-order valence-corrected chi connectivity index (χ3v) is 3.48. The molecule has 2 aromatic rings. The summed E-state index contributed by atoms with van der Waals surface area (Å²) < 4.78 is 15.6. The van der Waals surface area contributed by atoms with Gasteiger partial charge in [-0.25, -0.2) is 4.39 Å². The molecule has 1 aromatic heterocycles. The molecule has 5 heteroatoms. The van der Waals surface area contributed by atoms with Gasteiger partial charge in [0.15, 0.2) is 5.82 Å². The molecule has 0 unspecified atom stereocenters. The fourth-order valence-corrected chi connectivity index (χ4v) is 2.10. The zero-order valence-electron chi connectivity index (χ0n) is 11.4. The summed E-state index contributed by atoms with van der Waals surface area (Å²) in [6, 6.07) is 5.16. The summed E-state index contributed by atoms with van der Waals surface area (Å²) in [5, 5.41) is 11.7. The minimum Gasteiger partial charge on any atom is -0.205 e. The predicted octanol–water partition coefficient (Wildman–Crippen LogP) is 2.98. The SMILES string of the molecule is CC(C)(C)c1ccc(F)c(-n2nnnc2C2CC2)c1. The van der Waals surface area contributed by atoms with E-state index in [4.69, 9.17) is 0 Å². The molecule has 0 bridgehead atoms.